The predicted molar refractivity (Wildman–Crippen MR) is 82.9 cm³/mol. The minimum atomic E-state index is -0.408. The first-order valence-electron chi connectivity index (χ1n) is 7.02. The van der Waals surface area contributed by atoms with Gasteiger partial charge in [0.1, 0.15) is 0 Å². The van der Waals surface area contributed by atoms with E-state index in [9.17, 15) is 9.90 Å². The second kappa shape index (κ2) is 6.99. The highest BCUT2D eigenvalue weighted by atomic mass is 16.3. The van der Waals surface area contributed by atoms with E-state index in [1.54, 1.807) is 31.3 Å². The number of aliphatic hydroxyl groups excluding tert-OH is 1. The largest absolute Gasteiger partial charge is 0.393 e. The zero-order valence-electron chi connectivity index (χ0n) is 12.4. The summed E-state index contributed by atoms with van der Waals surface area (Å²) in [6.07, 6.45) is 3.48. The summed E-state index contributed by atoms with van der Waals surface area (Å²) in [6, 6.07) is 11.7. The van der Waals surface area contributed by atoms with Gasteiger partial charge >= 0.3 is 0 Å². The van der Waals surface area contributed by atoms with Gasteiger partial charge in [-0.05, 0) is 25.0 Å². The molecule has 1 atom stereocenters. The van der Waals surface area contributed by atoms with Crippen LogP contribution in [-0.2, 0) is 0 Å². The summed E-state index contributed by atoms with van der Waals surface area (Å²) in [5.41, 5.74) is 2.51. The second-order valence-electron chi connectivity index (χ2n) is 5.19. The molecule has 4 nitrogen and oxygen atoms in total. The maximum absolute atomic E-state index is 12.3. The highest BCUT2D eigenvalue weighted by Crippen LogP contribution is 2.19. The molecule has 1 amide bonds. The zero-order valence-corrected chi connectivity index (χ0v) is 12.4. The number of carbonyl (C=O) groups is 1. The number of hydrogen-bond acceptors (Lipinski definition) is 3. The molecule has 0 spiro atoms. The number of benzene rings is 1. The molecule has 2 rings (SSSR count). The Morgan fingerprint density at radius 1 is 1.24 bits per heavy atom. The van der Waals surface area contributed by atoms with Crippen LogP contribution < -0.4 is 0 Å². The molecular weight excluding hydrogens is 264 g/mol. The minimum absolute atomic E-state index is 0.0825. The Morgan fingerprint density at radius 3 is 2.62 bits per heavy atom. The zero-order chi connectivity index (χ0) is 15.2. The van der Waals surface area contributed by atoms with Gasteiger partial charge in [0, 0.05) is 31.5 Å². The van der Waals surface area contributed by atoms with Crippen molar-refractivity contribution in [1.82, 2.24) is 9.88 Å². The number of nitrogens with zero attached hydrogens (tertiary/aromatic N) is 2. The van der Waals surface area contributed by atoms with Crippen LogP contribution >= 0.6 is 0 Å². The van der Waals surface area contributed by atoms with Gasteiger partial charge in [-0.25, -0.2) is 0 Å². The molecule has 1 heterocycles. The third kappa shape index (κ3) is 4.13. The molecule has 0 aliphatic carbocycles. The molecule has 0 bridgehead atoms. The van der Waals surface area contributed by atoms with Gasteiger partial charge < -0.3 is 10.0 Å². The van der Waals surface area contributed by atoms with Gasteiger partial charge in [-0.1, -0.05) is 30.3 Å². The lowest BCUT2D eigenvalue weighted by molar-refractivity contribution is 0.0768. The fourth-order valence-corrected chi connectivity index (χ4v) is 2.05. The van der Waals surface area contributed by atoms with Crippen LogP contribution in [0, 0.1) is 0 Å². The van der Waals surface area contributed by atoms with Crippen molar-refractivity contribution in [2.24, 2.45) is 0 Å². The van der Waals surface area contributed by atoms with E-state index in [1.165, 1.54) is 0 Å². The third-order valence-corrected chi connectivity index (χ3v) is 3.32. The molecule has 0 saturated carbocycles. The van der Waals surface area contributed by atoms with Gasteiger partial charge in [-0.2, -0.15) is 0 Å². The van der Waals surface area contributed by atoms with E-state index < -0.39 is 6.10 Å². The van der Waals surface area contributed by atoms with Crippen molar-refractivity contribution in [3.05, 3.63) is 54.4 Å². The average Bonchev–Trinajstić information content (AvgIpc) is 2.52. The third-order valence-electron chi connectivity index (χ3n) is 3.32. The van der Waals surface area contributed by atoms with Crippen LogP contribution in [0.15, 0.2) is 48.8 Å². The molecule has 0 radical (unpaired) electrons. The summed E-state index contributed by atoms with van der Waals surface area (Å²) in [5.74, 6) is -0.0825. The average molecular weight is 284 g/mol. The quantitative estimate of drug-likeness (QED) is 0.918. The van der Waals surface area contributed by atoms with Crippen LogP contribution in [0.2, 0.25) is 0 Å². The van der Waals surface area contributed by atoms with Crippen LogP contribution in [-0.4, -0.2) is 40.6 Å². The molecule has 0 aliphatic rings. The molecule has 1 N–H and O–H groups in total. The van der Waals surface area contributed by atoms with Crippen molar-refractivity contribution in [2.45, 2.75) is 19.4 Å². The van der Waals surface area contributed by atoms with Gasteiger partial charge in [0.15, 0.2) is 0 Å². The number of rotatable bonds is 5. The van der Waals surface area contributed by atoms with Crippen LogP contribution in [0.1, 0.15) is 23.7 Å². The first-order chi connectivity index (χ1) is 10.1. The van der Waals surface area contributed by atoms with Crippen molar-refractivity contribution in [3.8, 4) is 11.1 Å². The lowest BCUT2D eigenvalue weighted by Crippen LogP contribution is -2.29. The molecule has 0 aliphatic heterocycles. The molecule has 1 aromatic carbocycles. The maximum atomic E-state index is 12.3. The van der Waals surface area contributed by atoms with E-state index in [0.717, 1.165) is 11.1 Å². The molecule has 2 aromatic rings. The fraction of sp³-hybridized carbons (Fsp3) is 0.294. The topological polar surface area (TPSA) is 53.4 Å². The van der Waals surface area contributed by atoms with Gasteiger partial charge in [0.25, 0.3) is 5.91 Å². The van der Waals surface area contributed by atoms with Crippen molar-refractivity contribution >= 4 is 5.91 Å². The Labute approximate surface area is 125 Å². The SMILES string of the molecule is CC(O)CCN(C)C(=O)c1cncc(-c2ccccc2)c1. The van der Waals surface area contributed by atoms with E-state index >= 15 is 0 Å². The van der Waals surface area contributed by atoms with Crippen LogP contribution in [0.4, 0.5) is 0 Å². The first-order valence-corrected chi connectivity index (χ1v) is 7.02. The first kappa shape index (κ1) is 15.2. The second-order valence-corrected chi connectivity index (χ2v) is 5.19. The van der Waals surface area contributed by atoms with Gasteiger partial charge in [0.2, 0.25) is 0 Å². The summed E-state index contributed by atoms with van der Waals surface area (Å²) in [7, 11) is 1.74. The summed E-state index contributed by atoms with van der Waals surface area (Å²) in [5, 5.41) is 9.30. The van der Waals surface area contributed by atoms with Gasteiger partial charge in [0.05, 0.1) is 11.7 Å². The van der Waals surface area contributed by atoms with Gasteiger partial charge in [-0.3, -0.25) is 9.78 Å². The number of aliphatic hydroxyl groups is 1. The van der Waals surface area contributed by atoms with Crippen LogP contribution in [0.25, 0.3) is 11.1 Å². The molecule has 4 heteroatoms. The van der Waals surface area contributed by atoms with E-state index in [4.69, 9.17) is 0 Å². The number of aromatic nitrogens is 1. The number of carbonyl (C=O) groups excluding carboxylic acids is 1. The smallest absolute Gasteiger partial charge is 0.255 e. The van der Waals surface area contributed by atoms with Crippen LogP contribution in [0.5, 0.6) is 0 Å². The normalized spacial score (nSPS) is 12.0. The highest BCUT2D eigenvalue weighted by molar-refractivity contribution is 5.94. The number of hydrogen-bond donors (Lipinski definition) is 1. The summed E-state index contributed by atoms with van der Waals surface area (Å²) < 4.78 is 0. The van der Waals surface area contributed by atoms with Crippen molar-refractivity contribution in [1.29, 1.82) is 0 Å². The van der Waals surface area contributed by atoms with Crippen molar-refractivity contribution in [3.63, 3.8) is 0 Å². The molecule has 1 unspecified atom stereocenters. The van der Waals surface area contributed by atoms with Crippen molar-refractivity contribution in [2.75, 3.05) is 13.6 Å². The summed E-state index contributed by atoms with van der Waals surface area (Å²) in [6.45, 7) is 2.24. The Balaban J connectivity index is 2.15. The van der Waals surface area contributed by atoms with E-state index in [2.05, 4.69) is 4.98 Å². The van der Waals surface area contributed by atoms with Gasteiger partial charge in [-0.15, -0.1) is 0 Å². The molecule has 110 valence electrons. The standard InChI is InChI=1S/C17H20N2O2/c1-13(20)8-9-19(2)17(21)16-10-15(11-18-12-16)14-6-4-3-5-7-14/h3-7,10-13,20H,8-9H2,1-2H3. The number of amides is 1. The van der Waals surface area contributed by atoms with Crippen molar-refractivity contribution < 1.29 is 9.90 Å². The highest BCUT2D eigenvalue weighted by Gasteiger charge is 2.13. The fourth-order valence-electron chi connectivity index (χ4n) is 2.05. The molecule has 21 heavy (non-hydrogen) atoms. The lowest BCUT2D eigenvalue weighted by Gasteiger charge is -2.18. The molecule has 0 fully saturated rings. The predicted octanol–water partition coefficient (Wildman–Crippen LogP) is 2.59. The van der Waals surface area contributed by atoms with E-state index in [1.807, 2.05) is 36.4 Å². The monoisotopic (exact) mass is 284 g/mol. The Morgan fingerprint density at radius 2 is 1.95 bits per heavy atom. The lowest BCUT2D eigenvalue weighted by atomic mass is 10.1. The van der Waals surface area contributed by atoms with E-state index in [-0.39, 0.29) is 5.91 Å². The minimum Gasteiger partial charge on any atom is -0.393 e. The molecular formula is C17H20N2O2. The Kier molecular flexibility index (Phi) is 5.06. The summed E-state index contributed by atoms with van der Waals surface area (Å²) in [4.78, 5) is 18.1. The molecule has 0 saturated heterocycles. The van der Waals surface area contributed by atoms with Crippen LogP contribution in [0.3, 0.4) is 0 Å². The molecule has 1 aromatic heterocycles. The maximum Gasteiger partial charge on any atom is 0.255 e. The Bertz CT molecular complexity index is 597. The number of pyridine rings is 1. The van der Waals surface area contributed by atoms with E-state index in [0.29, 0.717) is 18.5 Å². The summed E-state index contributed by atoms with van der Waals surface area (Å²) >= 11 is 0. The Hall–Kier alpha value is -2.20.